The molecule has 0 saturated carbocycles. The fraction of sp³-hybridized carbons (Fsp3) is 0.290. The molecule has 0 bridgehead atoms. The van der Waals surface area contributed by atoms with Crippen LogP contribution in [0.5, 0.6) is 0 Å². The van der Waals surface area contributed by atoms with Crippen LogP contribution in [0.25, 0.3) is 0 Å². The van der Waals surface area contributed by atoms with Gasteiger partial charge in [0.1, 0.15) is 12.4 Å². The van der Waals surface area contributed by atoms with Gasteiger partial charge >= 0.3 is 0 Å². The molecule has 0 aromatic heterocycles. The molecule has 192 valence electrons. The Bertz CT molecular complexity index is 912. The zero-order chi connectivity index (χ0) is 27.7. The fourth-order valence-electron chi connectivity index (χ4n) is 2.49. The van der Waals surface area contributed by atoms with Gasteiger partial charge in [0.25, 0.3) is 0 Å². The molecule has 0 aromatic carbocycles. The molecule has 0 spiro atoms. The summed E-state index contributed by atoms with van der Waals surface area (Å²) in [5, 5.41) is 0. The number of ether oxygens (including phenoxy) is 1. The molecule has 2 atom stereocenters. The van der Waals surface area contributed by atoms with Gasteiger partial charge < -0.3 is 4.74 Å². The molecule has 35 heavy (non-hydrogen) atoms. The molecule has 0 aliphatic rings. The number of allylic oxidation sites excluding steroid dienone is 11. The Morgan fingerprint density at radius 1 is 0.829 bits per heavy atom. The molecule has 0 radical (unpaired) electrons. The van der Waals surface area contributed by atoms with E-state index in [2.05, 4.69) is 73.1 Å². The van der Waals surface area contributed by atoms with Gasteiger partial charge in [-0.15, -0.1) is 13.2 Å². The van der Waals surface area contributed by atoms with E-state index in [-0.39, 0.29) is 34.8 Å². The number of rotatable bonds is 16. The lowest BCUT2D eigenvalue weighted by molar-refractivity contribution is 0.241. The average molecular weight is 487 g/mol. The number of hydrogen-bond acceptors (Lipinski definition) is 1. The summed E-state index contributed by atoms with van der Waals surface area (Å²) in [7, 11) is 0. The Morgan fingerprint density at radius 2 is 1.34 bits per heavy atom. The van der Waals surface area contributed by atoms with Gasteiger partial charge in [-0.2, -0.15) is 4.39 Å². The van der Waals surface area contributed by atoms with Gasteiger partial charge in [-0.25, -0.2) is 8.78 Å². The predicted octanol–water partition coefficient (Wildman–Crippen LogP) is 10.3. The van der Waals surface area contributed by atoms with Crippen LogP contribution in [-0.4, -0.2) is 6.61 Å². The van der Waals surface area contributed by atoms with Crippen LogP contribution in [0.4, 0.5) is 13.2 Å². The van der Waals surface area contributed by atoms with Crippen molar-refractivity contribution in [3.63, 3.8) is 0 Å². The van der Waals surface area contributed by atoms with Gasteiger partial charge in [-0.1, -0.05) is 97.9 Å². The monoisotopic (exact) mass is 486 g/mol. The van der Waals surface area contributed by atoms with E-state index in [4.69, 9.17) is 4.74 Å². The Kier molecular flexibility index (Phi) is 17.5. The molecule has 0 aliphatic heterocycles. The van der Waals surface area contributed by atoms with Crippen LogP contribution in [0.3, 0.4) is 0 Å². The second kappa shape index (κ2) is 18.1. The van der Waals surface area contributed by atoms with E-state index in [9.17, 15) is 13.2 Å². The topological polar surface area (TPSA) is 9.23 Å². The fourth-order valence-corrected chi connectivity index (χ4v) is 2.49. The van der Waals surface area contributed by atoms with Gasteiger partial charge in [0.05, 0.1) is 0 Å². The van der Waals surface area contributed by atoms with Crippen LogP contribution in [0.2, 0.25) is 0 Å². The first-order chi connectivity index (χ1) is 16.4. The minimum absolute atomic E-state index is 0.0169. The van der Waals surface area contributed by atoms with Crippen molar-refractivity contribution >= 4 is 0 Å². The van der Waals surface area contributed by atoms with Crippen molar-refractivity contribution in [3.8, 4) is 0 Å². The van der Waals surface area contributed by atoms with Crippen LogP contribution in [0.1, 0.15) is 40.0 Å². The minimum atomic E-state index is -1.28. The van der Waals surface area contributed by atoms with Gasteiger partial charge in [0.15, 0.2) is 11.6 Å². The summed E-state index contributed by atoms with van der Waals surface area (Å²) in [5.74, 6) is -2.82. The molecule has 2 unspecified atom stereocenters. The minimum Gasteiger partial charge on any atom is -0.487 e. The molecule has 0 amide bonds. The molecule has 0 heterocycles. The largest absolute Gasteiger partial charge is 0.487 e. The van der Waals surface area contributed by atoms with Crippen molar-refractivity contribution in [3.05, 3.63) is 135 Å². The van der Waals surface area contributed by atoms with E-state index in [1.165, 1.54) is 24.3 Å². The Labute approximate surface area is 211 Å². The average Bonchev–Trinajstić information content (AvgIpc) is 2.87. The Hall–Kier alpha value is -3.27. The number of halogens is 3. The first-order valence-corrected chi connectivity index (χ1v) is 11.4. The van der Waals surface area contributed by atoms with E-state index in [1.807, 2.05) is 6.92 Å². The van der Waals surface area contributed by atoms with Crippen LogP contribution >= 0.6 is 0 Å². The summed E-state index contributed by atoms with van der Waals surface area (Å²) in [4.78, 5) is 0. The van der Waals surface area contributed by atoms with Crippen molar-refractivity contribution < 1.29 is 17.9 Å². The van der Waals surface area contributed by atoms with E-state index in [1.54, 1.807) is 0 Å². The highest BCUT2D eigenvalue weighted by Crippen LogP contribution is 2.28. The first-order valence-electron chi connectivity index (χ1n) is 11.4. The molecule has 0 fully saturated rings. The summed E-state index contributed by atoms with van der Waals surface area (Å²) >= 11 is 0. The molecular formula is C31H41F3O. The maximum Gasteiger partial charge on any atom is 0.200 e. The second-order valence-corrected chi connectivity index (χ2v) is 8.05. The van der Waals surface area contributed by atoms with Gasteiger partial charge in [-0.05, 0) is 41.1 Å². The SMILES string of the molecule is C=C.C=CCOC(=C)/C(F)=C(/F)C(=C)C(=C)/C=C\C(=C)C(=C)/C(F)=C\C(=C)C(C)CCC(C)CC. The summed E-state index contributed by atoms with van der Waals surface area (Å²) in [6.45, 7) is 37.7. The summed E-state index contributed by atoms with van der Waals surface area (Å²) in [5.41, 5.74) is 0.758. The summed E-state index contributed by atoms with van der Waals surface area (Å²) in [6, 6.07) is 0. The third-order valence-corrected chi connectivity index (χ3v) is 5.36. The zero-order valence-corrected chi connectivity index (χ0v) is 21.7. The lowest BCUT2D eigenvalue weighted by Crippen LogP contribution is -2.01. The molecule has 4 heteroatoms. The smallest absolute Gasteiger partial charge is 0.200 e. The van der Waals surface area contributed by atoms with Crippen molar-refractivity contribution in [2.45, 2.75) is 40.0 Å². The van der Waals surface area contributed by atoms with Crippen molar-refractivity contribution in [2.75, 3.05) is 6.61 Å². The van der Waals surface area contributed by atoms with Crippen LogP contribution in [0, 0.1) is 11.8 Å². The highest BCUT2D eigenvalue weighted by molar-refractivity contribution is 5.53. The van der Waals surface area contributed by atoms with Crippen LogP contribution < -0.4 is 0 Å². The predicted molar refractivity (Wildman–Crippen MR) is 148 cm³/mol. The zero-order valence-electron chi connectivity index (χ0n) is 21.7. The molecule has 1 nitrogen and oxygen atoms in total. The molecule has 0 aliphatic carbocycles. The quantitative estimate of drug-likeness (QED) is 0.120. The highest BCUT2D eigenvalue weighted by atomic mass is 19.2. The third-order valence-electron chi connectivity index (χ3n) is 5.36. The highest BCUT2D eigenvalue weighted by Gasteiger charge is 2.16. The third kappa shape index (κ3) is 12.7. The van der Waals surface area contributed by atoms with E-state index in [0.29, 0.717) is 11.5 Å². The first kappa shape index (κ1) is 33.9. The molecule has 0 aromatic rings. The standard InChI is InChI=1S/C29H37F3O.C2H4/c1-11-17-33-26(10)29(32)28(31)25(9)22(6)16-15-21(5)24(8)27(30)18-23(7)20(4)14-13-19(3)12-2;1-2/h11,15-16,18-20H,1,5-10,12-14,17H2,2-4H3;1-2H2/b16-15-,27-18+,29-28-;. The normalized spacial score (nSPS) is 13.5. The van der Waals surface area contributed by atoms with Crippen molar-refractivity contribution in [1.82, 2.24) is 0 Å². The van der Waals surface area contributed by atoms with Gasteiger partial charge in [0, 0.05) is 11.1 Å². The maximum absolute atomic E-state index is 14.6. The van der Waals surface area contributed by atoms with E-state index >= 15 is 0 Å². The molecule has 0 N–H and O–H groups in total. The van der Waals surface area contributed by atoms with E-state index < -0.39 is 23.2 Å². The molecular weight excluding hydrogens is 445 g/mol. The van der Waals surface area contributed by atoms with Crippen molar-refractivity contribution in [2.24, 2.45) is 11.8 Å². The maximum atomic E-state index is 14.6. The lowest BCUT2D eigenvalue weighted by atomic mass is 9.91. The lowest BCUT2D eigenvalue weighted by Gasteiger charge is -2.15. The van der Waals surface area contributed by atoms with Crippen molar-refractivity contribution in [1.29, 1.82) is 0 Å². The van der Waals surface area contributed by atoms with Gasteiger partial charge in [-0.3, -0.25) is 0 Å². The van der Waals surface area contributed by atoms with Gasteiger partial charge in [0.2, 0.25) is 5.83 Å². The second-order valence-electron chi connectivity index (χ2n) is 8.05. The van der Waals surface area contributed by atoms with E-state index in [0.717, 1.165) is 19.3 Å². The molecule has 0 saturated heterocycles. The van der Waals surface area contributed by atoms with Crippen LogP contribution in [-0.2, 0) is 4.74 Å². The Morgan fingerprint density at radius 3 is 1.83 bits per heavy atom. The summed E-state index contributed by atoms with van der Waals surface area (Å²) in [6.07, 6.45) is 8.58. The summed E-state index contributed by atoms with van der Waals surface area (Å²) < 4.78 is 47.9. The van der Waals surface area contributed by atoms with Crippen LogP contribution in [0.15, 0.2) is 135 Å². The Balaban J connectivity index is 0. The number of hydrogen-bond donors (Lipinski definition) is 0. The molecule has 0 rings (SSSR count).